The maximum Gasteiger partial charge on any atom is 0.0559 e. The first kappa shape index (κ1) is 7.37. The predicted octanol–water partition coefficient (Wildman–Crippen LogP) is 2.02. The van der Waals surface area contributed by atoms with Gasteiger partial charge in [-0.3, -0.25) is 0 Å². The molecule has 0 radical (unpaired) electrons. The third-order valence-electron chi connectivity index (χ3n) is 1.92. The summed E-state index contributed by atoms with van der Waals surface area (Å²) in [6, 6.07) is 8.25. The molecule has 1 aliphatic heterocycles. The van der Waals surface area contributed by atoms with Gasteiger partial charge in [-0.2, -0.15) is 0 Å². The molecule has 2 nitrogen and oxygen atoms in total. The summed E-state index contributed by atoms with van der Waals surface area (Å²) < 4.78 is 0. The zero-order valence-corrected chi connectivity index (χ0v) is 6.88. The van der Waals surface area contributed by atoms with Crippen LogP contribution in [0.15, 0.2) is 30.3 Å². The van der Waals surface area contributed by atoms with E-state index >= 15 is 0 Å². The van der Waals surface area contributed by atoms with Crippen molar-refractivity contribution in [3.63, 3.8) is 0 Å². The van der Waals surface area contributed by atoms with Crippen LogP contribution in [-0.2, 0) is 0 Å². The van der Waals surface area contributed by atoms with Gasteiger partial charge in [-0.1, -0.05) is 30.4 Å². The minimum atomic E-state index is 0.977. The molecule has 0 saturated heterocycles. The van der Waals surface area contributed by atoms with Crippen LogP contribution in [0.25, 0.3) is 6.08 Å². The highest BCUT2D eigenvalue weighted by Crippen LogP contribution is 2.16. The highest BCUT2D eigenvalue weighted by atomic mass is 15.3. The van der Waals surface area contributed by atoms with Crippen molar-refractivity contribution >= 4 is 11.8 Å². The van der Waals surface area contributed by atoms with Crippen molar-refractivity contribution in [1.29, 1.82) is 0 Å². The van der Waals surface area contributed by atoms with Crippen molar-refractivity contribution in [2.75, 3.05) is 12.0 Å². The number of para-hydroxylation sites is 1. The van der Waals surface area contributed by atoms with E-state index in [0.29, 0.717) is 0 Å². The molecule has 1 aromatic rings. The smallest absolute Gasteiger partial charge is 0.0559 e. The van der Waals surface area contributed by atoms with E-state index in [-0.39, 0.29) is 0 Å². The number of hydrogen-bond acceptors (Lipinski definition) is 2. The molecule has 0 atom stereocenters. The van der Waals surface area contributed by atoms with E-state index in [1.165, 1.54) is 5.56 Å². The quantitative estimate of drug-likeness (QED) is 0.606. The molecule has 0 bridgehead atoms. The van der Waals surface area contributed by atoms with Crippen LogP contribution < -0.4 is 10.9 Å². The Morgan fingerprint density at radius 3 is 3.08 bits per heavy atom. The fourth-order valence-corrected chi connectivity index (χ4v) is 1.28. The second kappa shape index (κ2) is 3.41. The van der Waals surface area contributed by atoms with Gasteiger partial charge in [0.2, 0.25) is 0 Å². The van der Waals surface area contributed by atoms with Crippen molar-refractivity contribution in [2.45, 2.75) is 6.42 Å². The van der Waals surface area contributed by atoms with Gasteiger partial charge in [0.25, 0.3) is 0 Å². The molecule has 2 N–H and O–H groups in total. The Labute approximate surface area is 72.3 Å². The number of hydrazine groups is 1. The molecule has 0 amide bonds. The molecule has 2 rings (SSSR count). The summed E-state index contributed by atoms with van der Waals surface area (Å²) in [6.45, 7) is 0.977. The Kier molecular flexibility index (Phi) is 2.10. The molecular formula is C10H12N2. The van der Waals surface area contributed by atoms with Crippen LogP contribution >= 0.6 is 0 Å². The average molecular weight is 160 g/mol. The van der Waals surface area contributed by atoms with Crippen LogP contribution in [-0.4, -0.2) is 6.54 Å². The van der Waals surface area contributed by atoms with Crippen molar-refractivity contribution in [1.82, 2.24) is 5.43 Å². The van der Waals surface area contributed by atoms with E-state index < -0.39 is 0 Å². The third kappa shape index (κ3) is 1.48. The second-order valence-corrected chi connectivity index (χ2v) is 2.83. The lowest BCUT2D eigenvalue weighted by Gasteiger charge is -2.12. The monoisotopic (exact) mass is 160 g/mol. The summed E-state index contributed by atoms with van der Waals surface area (Å²) in [5.41, 5.74) is 8.69. The highest BCUT2D eigenvalue weighted by molar-refractivity contribution is 5.66. The highest BCUT2D eigenvalue weighted by Gasteiger charge is 1.98. The second-order valence-electron chi connectivity index (χ2n) is 2.83. The normalized spacial score (nSPS) is 15.7. The molecule has 1 heterocycles. The molecule has 1 aromatic carbocycles. The van der Waals surface area contributed by atoms with Gasteiger partial charge >= 0.3 is 0 Å². The number of benzene rings is 1. The Morgan fingerprint density at radius 2 is 2.08 bits per heavy atom. The van der Waals surface area contributed by atoms with Gasteiger partial charge in [-0.25, -0.2) is 5.43 Å². The van der Waals surface area contributed by atoms with Gasteiger partial charge in [0.15, 0.2) is 0 Å². The van der Waals surface area contributed by atoms with Gasteiger partial charge < -0.3 is 5.43 Å². The molecule has 62 valence electrons. The van der Waals surface area contributed by atoms with Gasteiger partial charge in [-0.05, 0) is 18.1 Å². The first-order chi connectivity index (χ1) is 5.97. The van der Waals surface area contributed by atoms with Gasteiger partial charge in [0, 0.05) is 6.54 Å². The number of nitrogens with one attached hydrogen (secondary N) is 2. The molecule has 0 aromatic heterocycles. The standard InChI is InChI=1S/C10H12N2/c1-2-7-10-9(5-1)6-3-4-8-11-12-10/h1-3,5-7,11-12H,4,8H2. The van der Waals surface area contributed by atoms with E-state index in [1.807, 2.05) is 12.1 Å². The lowest BCUT2D eigenvalue weighted by molar-refractivity contribution is 0.791. The minimum absolute atomic E-state index is 0.977. The molecule has 0 fully saturated rings. The minimum Gasteiger partial charge on any atom is -0.321 e. The van der Waals surface area contributed by atoms with E-state index in [9.17, 15) is 0 Å². The van der Waals surface area contributed by atoms with Crippen LogP contribution in [0.2, 0.25) is 0 Å². The fraction of sp³-hybridized carbons (Fsp3) is 0.200. The van der Waals surface area contributed by atoms with E-state index in [1.54, 1.807) is 0 Å². The topological polar surface area (TPSA) is 24.1 Å². The molecular weight excluding hydrogens is 148 g/mol. The molecule has 12 heavy (non-hydrogen) atoms. The number of rotatable bonds is 0. The molecule has 0 spiro atoms. The van der Waals surface area contributed by atoms with Crippen molar-refractivity contribution in [3.05, 3.63) is 35.9 Å². The summed E-state index contributed by atoms with van der Waals surface area (Å²) in [6.07, 6.45) is 5.41. The number of hydrogen-bond donors (Lipinski definition) is 2. The lowest BCUT2D eigenvalue weighted by Crippen LogP contribution is -2.23. The Balaban J connectivity index is 2.36. The van der Waals surface area contributed by atoms with E-state index in [0.717, 1.165) is 18.7 Å². The van der Waals surface area contributed by atoms with Crippen LogP contribution in [0, 0.1) is 0 Å². The molecule has 0 unspecified atom stereocenters. The summed E-state index contributed by atoms with van der Waals surface area (Å²) in [5, 5.41) is 0. The van der Waals surface area contributed by atoms with Gasteiger partial charge in [-0.15, -0.1) is 0 Å². The fourth-order valence-electron chi connectivity index (χ4n) is 1.28. The maximum absolute atomic E-state index is 3.16. The van der Waals surface area contributed by atoms with Crippen LogP contribution in [0.1, 0.15) is 12.0 Å². The number of fused-ring (bicyclic) bond motifs is 1. The van der Waals surface area contributed by atoms with E-state index in [2.05, 4.69) is 35.1 Å². The van der Waals surface area contributed by atoms with Crippen LogP contribution in [0.3, 0.4) is 0 Å². The molecule has 0 aliphatic carbocycles. The lowest BCUT2D eigenvalue weighted by atomic mass is 10.1. The van der Waals surface area contributed by atoms with Crippen molar-refractivity contribution in [3.8, 4) is 0 Å². The predicted molar refractivity (Wildman–Crippen MR) is 51.7 cm³/mol. The zero-order chi connectivity index (χ0) is 8.23. The maximum atomic E-state index is 3.16. The van der Waals surface area contributed by atoms with Crippen LogP contribution in [0.4, 0.5) is 5.69 Å². The zero-order valence-electron chi connectivity index (χ0n) is 6.88. The summed E-state index contributed by atoms with van der Waals surface area (Å²) in [5.74, 6) is 0. The summed E-state index contributed by atoms with van der Waals surface area (Å²) in [7, 11) is 0. The Morgan fingerprint density at radius 1 is 1.17 bits per heavy atom. The molecule has 0 saturated carbocycles. The Hall–Kier alpha value is -1.28. The van der Waals surface area contributed by atoms with Crippen LogP contribution in [0.5, 0.6) is 0 Å². The van der Waals surface area contributed by atoms with Crippen molar-refractivity contribution in [2.24, 2.45) is 0 Å². The SMILES string of the molecule is C1=Cc2ccccc2NNCC1. The van der Waals surface area contributed by atoms with Crippen molar-refractivity contribution < 1.29 is 0 Å². The molecule has 2 heteroatoms. The first-order valence-electron chi connectivity index (χ1n) is 4.21. The first-order valence-corrected chi connectivity index (χ1v) is 4.21. The largest absolute Gasteiger partial charge is 0.321 e. The average Bonchev–Trinajstić information content (AvgIpc) is 2.06. The Bertz CT molecular complexity index is 292. The summed E-state index contributed by atoms with van der Waals surface area (Å²) in [4.78, 5) is 0. The third-order valence-corrected chi connectivity index (χ3v) is 1.92. The number of anilines is 1. The van der Waals surface area contributed by atoms with E-state index in [4.69, 9.17) is 0 Å². The van der Waals surface area contributed by atoms with Gasteiger partial charge in [0.05, 0.1) is 5.69 Å². The van der Waals surface area contributed by atoms with Gasteiger partial charge in [0.1, 0.15) is 0 Å². The molecule has 1 aliphatic rings. The summed E-state index contributed by atoms with van der Waals surface area (Å²) >= 11 is 0.